The molecule has 5 unspecified atom stereocenters. The number of benzene rings is 1. The molecular weight excluding hydrogens is 416 g/mol. The Balaban J connectivity index is 1.20. The van der Waals surface area contributed by atoms with E-state index in [9.17, 15) is 9.59 Å². The van der Waals surface area contributed by atoms with Crippen LogP contribution in [0.25, 0.3) is 0 Å². The van der Waals surface area contributed by atoms with Crippen molar-refractivity contribution in [2.45, 2.75) is 25.8 Å². The number of aliphatic imine (C=N–C) groups is 1. The molecule has 1 saturated carbocycles. The number of amides is 2. The van der Waals surface area contributed by atoms with Crippen molar-refractivity contribution in [2.75, 3.05) is 19.6 Å². The molecule has 2 heterocycles. The third kappa shape index (κ3) is 4.32. The maximum Gasteiger partial charge on any atom is 0.233 e. The quantitative estimate of drug-likeness (QED) is 0.282. The van der Waals surface area contributed by atoms with Crippen molar-refractivity contribution in [1.29, 1.82) is 0 Å². The van der Waals surface area contributed by atoms with E-state index < -0.39 is 0 Å². The van der Waals surface area contributed by atoms with E-state index in [1.807, 2.05) is 30.3 Å². The fourth-order valence-electron chi connectivity index (χ4n) is 5.39. The Morgan fingerprint density at radius 2 is 1.82 bits per heavy atom. The van der Waals surface area contributed by atoms with Gasteiger partial charge in [0.15, 0.2) is 5.96 Å². The summed E-state index contributed by atoms with van der Waals surface area (Å²) >= 11 is 0. The molecule has 1 saturated heterocycles. The number of rotatable bonds is 8. The molecular formula is C26H30N4O3. The van der Waals surface area contributed by atoms with E-state index >= 15 is 0 Å². The molecule has 2 fully saturated rings. The molecule has 1 aromatic carbocycles. The zero-order chi connectivity index (χ0) is 22.8. The van der Waals surface area contributed by atoms with Crippen LogP contribution in [-0.2, 0) is 16.0 Å². The van der Waals surface area contributed by atoms with Crippen LogP contribution in [0.15, 0.2) is 70.3 Å². The maximum absolute atomic E-state index is 12.9. The molecule has 7 heteroatoms. The van der Waals surface area contributed by atoms with E-state index in [0.29, 0.717) is 32.0 Å². The minimum atomic E-state index is -0.148. The average Bonchev–Trinajstić information content (AvgIpc) is 3.62. The Bertz CT molecular complexity index is 1020. The number of allylic oxidation sites excluding steroid dienone is 2. The minimum absolute atomic E-state index is 0.00873. The number of hydrogen-bond acceptors (Lipinski definition) is 4. The molecule has 172 valence electrons. The first kappa shape index (κ1) is 21.5. The van der Waals surface area contributed by atoms with Crippen molar-refractivity contribution in [3.05, 3.63) is 72.2 Å². The third-order valence-corrected chi connectivity index (χ3v) is 7.05. The molecule has 7 nitrogen and oxygen atoms in total. The average molecular weight is 447 g/mol. The lowest BCUT2D eigenvalue weighted by Crippen LogP contribution is -2.44. The van der Waals surface area contributed by atoms with Crippen LogP contribution in [-0.4, -0.2) is 42.3 Å². The van der Waals surface area contributed by atoms with Gasteiger partial charge < -0.3 is 15.1 Å². The van der Waals surface area contributed by atoms with Crippen LogP contribution in [0.1, 0.15) is 30.7 Å². The zero-order valence-electron chi connectivity index (χ0n) is 18.8. The highest BCUT2D eigenvalue weighted by atomic mass is 16.3. The summed E-state index contributed by atoms with van der Waals surface area (Å²) in [6, 6.07) is 14.0. The molecule has 1 aromatic heterocycles. The van der Waals surface area contributed by atoms with Crippen molar-refractivity contribution in [3.63, 3.8) is 0 Å². The first-order valence-electron chi connectivity index (χ1n) is 11.8. The number of carbonyl (C=O) groups is 2. The van der Waals surface area contributed by atoms with Gasteiger partial charge in [0, 0.05) is 26.1 Å². The molecule has 0 radical (unpaired) electrons. The van der Waals surface area contributed by atoms with E-state index in [4.69, 9.17) is 9.41 Å². The van der Waals surface area contributed by atoms with Gasteiger partial charge in [-0.3, -0.25) is 19.5 Å². The number of hydrogen-bond donors (Lipinski definition) is 2. The first-order chi connectivity index (χ1) is 16.1. The zero-order valence-corrected chi connectivity index (χ0v) is 18.8. The summed E-state index contributed by atoms with van der Waals surface area (Å²) in [6.07, 6.45) is 7.55. The number of furan rings is 1. The highest BCUT2D eigenvalue weighted by molar-refractivity contribution is 6.06. The molecule has 0 spiro atoms. The van der Waals surface area contributed by atoms with Gasteiger partial charge in [0.1, 0.15) is 5.76 Å². The van der Waals surface area contributed by atoms with Crippen molar-refractivity contribution in [1.82, 2.24) is 15.5 Å². The third-order valence-electron chi connectivity index (χ3n) is 7.05. The van der Waals surface area contributed by atoms with E-state index in [2.05, 4.69) is 41.8 Å². The van der Waals surface area contributed by atoms with Gasteiger partial charge in [0.25, 0.3) is 0 Å². The Morgan fingerprint density at radius 1 is 1.09 bits per heavy atom. The number of fused-ring (bicyclic) bond motifs is 5. The van der Waals surface area contributed by atoms with Crippen molar-refractivity contribution in [3.8, 4) is 0 Å². The summed E-state index contributed by atoms with van der Waals surface area (Å²) in [5.41, 5.74) is 1.15. The Hall–Kier alpha value is -3.35. The number of imide groups is 1. The van der Waals surface area contributed by atoms with Gasteiger partial charge in [-0.15, -0.1) is 0 Å². The number of nitrogens with one attached hydrogen (secondary N) is 2. The van der Waals surface area contributed by atoms with E-state index in [1.165, 1.54) is 4.90 Å². The van der Waals surface area contributed by atoms with Gasteiger partial charge in [-0.25, -0.2) is 0 Å². The topological polar surface area (TPSA) is 86.9 Å². The summed E-state index contributed by atoms with van der Waals surface area (Å²) in [7, 11) is 0. The standard InChI is InChI=1S/C26H30N4O3/c1-17(18-6-3-2-4-7-18)29-26(27-12-11-21-8-5-15-33-21)28-13-14-30-24(31)22-19-9-10-20(16-19)23(22)25(30)32/h2-10,15,17,19-20,22-23H,11-14,16H2,1H3,(H2,27,28,29). The van der Waals surface area contributed by atoms with Crippen LogP contribution in [0.5, 0.6) is 0 Å². The first-order valence-corrected chi connectivity index (χ1v) is 11.8. The van der Waals surface area contributed by atoms with Gasteiger partial charge >= 0.3 is 0 Å². The molecule has 1 aliphatic heterocycles. The predicted molar refractivity (Wildman–Crippen MR) is 125 cm³/mol. The lowest BCUT2D eigenvalue weighted by atomic mass is 9.85. The van der Waals surface area contributed by atoms with Crippen LogP contribution in [0.3, 0.4) is 0 Å². The lowest BCUT2D eigenvalue weighted by molar-refractivity contribution is -0.140. The smallest absolute Gasteiger partial charge is 0.233 e. The van der Waals surface area contributed by atoms with E-state index in [-0.39, 0.29) is 41.5 Å². The fourth-order valence-corrected chi connectivity index (χ4v) is 5.39. The second-order valence-corrected chi connectivity index (χ2v) is 9.09. The van der Waals surface area contributed by atoms with Gasteiger partial charge in [0.2, 0.25) is 11.8 Å². The van der Waals surface area contributed by atoms with Crippen LogP contribution in [0.4, 0.5) is 0 Å². The Labute approximate surface area is 193 Å². The van der Waals surface area contributed by atoms with Gasteiger partial charge in [0.05, 0.1) is 24.1 Å². The summed E-state index contributed by atoms with van der Waals surface area (Å²) in [5.74, 6) is 1.70. The van der Waals surface area contributed by atoms with E-state index in [0.717, 1.165) is 17.7 Å². The van der Waals surface area contributed by atoms with Crippen molar-refractivity contribution in [2.24, 2.45) is 28.7 Å². The lowest BCUT2D eigenvalue weighted by Gasteiger charge is -2.21. The second kappa shape index (κ2) is 9.25. The number of guanidine groups is 1. The molecule has 2 bridgehead atoms. The van der Waals surface area contributed by atoms with E-state index in [1.54, 1.807) is 6.26 Å². The molecule has 2 amide bonds. The molecule has 2 aromatic rings. The van der Waals surface area contributed by atoms with Gasteiger partial charge in [-0.05, 0) is 42.9 Å². The summed E-state index contributed by atoms with van der Waals surface area (Å²) in [4.78, 5) is 32.0. The highest BCUT2D eigenvalue weighted by Gasteiger charge is 2.58. The Kier molecular flexibility index (Phi) is 6.03. The maximum atomic E-state index is 12.9. The number of likely N-dealkylation sites (tertiary alicyclic amines) is 1. The fraction of sp³-hybridized carbons (Fsp3) is 0.423. The summed E-state index contributed by atoms with van der Waals surface area (Å²) in [6.45, 7) is 3.44. The number of carbonyl (C=O) groups excluding carboxylic acids is 2. The SMILES string of the molecule is CC(NC(=NCCc1ccco1)NCCN1C(=O)C2C3C=CC(C3)C2C1=O)c1ccccc1. The van der Waals surface area contributed by atoms with Crippen LogP contribution < -0.4 is 10.6 Å². The molecule has 2 aliphatic carbocycles. The normalized spacial score (nSPS) is 26.7. The van der Waals surface area contributed by atoms with Crippen LogP contribution in [0, 0.1) is 23.7 Å². The van der Waals surface area contributed by atoms with Gasteiger partial charge in [-0.2, -0.15) is 0 Å². The van der Waals surface area contributed by atoms with Crippen molar-refractivity contribution >= 4 is 17.8 Å². The van der Waals surface area contributed by atoms with Crippen LogP contribution >= 0.6 is 0 Å². The Morgan fingerprint density at radius 3 is 2.48 bits per heavy atom. The molecule has 5 atom stereocenters. The molecule has 2 N–H and O–H groups in total. The van der Waals surface area contributed by atoms with Crippen molar-refractivity contribution < 1.29 is 14.0 Å². The molecule has 3 aliphatic rings. The minimum Gasteiger partial charge on any atom is -0.469 e. The highest BCUT2D eigenvalue weighted by Crippen LogP contribution is 2.52. The molecule has 33 heavy (non-hydrogen) atoms. The number of nitrogens with zero attached hydrogens (tertiary/aromatic N) is 2. The second-order valence-electron chi connectivity index (χ2n) is 9.09. The van der Waals surface area contributed by atoms with Gasteiger partial charge in [-0.1, -0.05) is 42.5 Å². The predicted octanol–water partition coefficient (Wildman–Crippen LogP) is 2.93. The summed E-state index contributed by atoms with van der Waals surface area (Å²) < 4.78 is 5.40. The molecule has 5 rings (SSSR count). The van der Waals surface area contributed by atoms with Crippen LogP contribution in [0.2, 0.25) is 0 Å². The largest absolute Gasteiger partial charge is 0.469 e. The summed E-state index contributed by atoms with van der Waals surface area (Å²) in [5, 5.41) is 6.75. The monoisotopic (exact) mass is 446 g/mol.